The Morgan fingerprint density at radius 1 is 0.900 bits per heavy atom. The lowest BCUT2D eigenvalue weighted by atomic mass is 10.1. The van der Waals surface area contributed by atoms with Crippen LogP contribution in [0.1, 0.15) is 24.2 Å². The molecule has 30 heavy (non-hydrogen) atoms. The maximum atomic E-state index is 12.8. The maximum Gasteiger partial charge on any atom is 0.340 e. The Kier molecular flexibility index (Phi) is 7.16. The van der Waals surface area contributed by atoms with Gasteiger partial charge in [-0.25, -0.2) is 4.79 Å². The van der Waals surface area contributed by atoms with Gasteiger partial charge >= 0.3 is 5.97 Å². The van der Waals surface area contributed by atoms with Crippen molar-refractivity contribution >= 4 is 17.6 Å². The van der Waals surface area contributed by atoms with Gasteiger partial charge < -0.3 is 14.8 Å². The molecule has 0 aliphatic heterocycles. The van der Waals surface area contributed by atoms with Crippen LogP contribution in [-0.2, 0) is 16.1 Å². The van der Waals surface area contributed by atoms with Crippen LogP contribution < -0.4 is 14.6 Å². The third kappa shape index (κ3) is 5.23. The van der Waals surface area contributed by atoms with Gasteiger partial charge in [0.05, 0.1) is 24.5 Å². The molecular weight excluding hydrogens is 380 g/mol. The summed E-state index contributed by atoms with van der Waals surface area (Å²) in [5, 5.41) is 2.83. The fraction of sp³-hybridized carbons (Fsp3) is 0.208. The third-order valence-electron chi connectivity index (χ3n) is 4.38. The van der Waals surface area contributed by atoms with Gasteiger partial charge in [0.2, 0.25) is 6.54 Å². The zero-order chi connectivity index (χ0) is 21.3. The summed E-state index contributed by atoms with van der Waals surface area (Å²) in [6.45, 7) is 4.31. The number of carbonyl (C=O) groups excluding carboxylic acids is 2. The van der Waals surface area contributed by atoms with Crippen LogP contribution >= 0.6 is 0 Å². The van der Waals surface area contributed by atoms with Gasteiger partial charge in [0.15, 0.2) is 12.4 Å². The number of ether oxygens (including phenoxy) is 2. The molecule has 0 atom stereocenters. The Morgan fingerprint density at radius 3 is 2.40 bits per heavy atom. The first-order chi connectivity index (χ1) is 14.6. The minimum atomic E-state index is -0.506. The molecule has 0 spiro atoms. The predicted molar refractivity (Wildman–Crippen MR) is 114 cm³/mol. The fourth-order valence-corrected chi connectivity index (χ4v) is 3.08. The van der Waals surface area contributed by atoms with Crippen molar-refractivity contribution in [2.45, 2.75) is 20.4 Å². The minimum Gasteiger partial charge on any atom is -0.492 e. The van der Waals surface area contributed by atoms with Gasteiger partial charge in [-0.15, -0.1) is 0 Å². The first kappa shape index (κ1) is 21.0. The highest BCUT2D eigenvalue weighted by molar-refractivity contribution is 6.02. The summed E-state index contributed by atoms with van der Waals surface area (Å²) in [5.74, 6) is -0.351. The largest absolute Gasteiger partial charge is 0.492 e. The molecule has 3 rings (SSSR count). The number of amides is 1. The van der Waals surface area contributed by atoms with E-state index >= 15 is 0 Å². The van der Waals surface area contributed by atoms with E-state index in [-0.39, 0.29) is 24.6 Å². The number of nitrogens with zero attached hydrogens (tertiary/aromatic N) is 1. The van der Waals surface area contributed by atoms with E-state index in [0.29, 0.717) is 18.0 Å². The number of nitrogens with one attached hydrogen (secondary N) is 1. The lowest BCUT2D eigenvalue weighted by Crippen LogP contribution is -2.40. The van der Waals surface area contributed by atoms with Crippen molar-refractivity contribution in [3.05, 3.63) is 78.6 Å². The van der Waals surface area contributed by atoms with E-state index in [2.05, 4.69) is 5.32 Å². The molecule has 0 aliphatic carbocycles. The number of para-hydroxylation sites is 1. The molecule has 1 heterocycles. The molecule has 0 aliphatic rings. The van der Waals surface area contributed by atoms with Crippen LogP contribution in [0, 0.1) is 0 Å². The Balaban J connectivity index is 1.82. The third-order valence-corrected chi connectivity index (χ3v) is 4.38. The zero-order valence-electron chi connectivity index (χ0n) is 17.1. The number of carbonyl (C=O) groups is 2. The van der Waals surface area contributed by atoms with Crippen molar-refractivity contribution in [1.29, 1.82) is 0 Å². The second-order valence-electron chi connectivity index (χ2n) is 6.51. The lowest BCUT2D eigenvalue weighted by molar-refractivity contribution is -0.683. The summed E-state index contributed by atoms with van der Waals surface area (Å²) in [6, 6.07) is 18.9. The van der Waals surface area contributed by atoms with Crippen LogP contribution in [0.3, 0.4) is 0 Å². The molecule has 0 unspecified atom stereocenters. The van der Waals surface area contributed by atoms with Crippen molar-refractivity contribution in [3.8, 4) is 16.9 Å². The summed E-state index contributed by atoms with van der Waals surface area (Å²) in [4.78, 5) is 25.1. The number of rotatable bonds is 8. The smallest absolute Gasteiger partial charge is 0.340 e. The Bertz CT molecular complexity index is 1020. The van der Waals surface area contributed by atoms with E-state index in [1.54, 1.807) is 29.7 Å². The molecule has 1 amide bonds. The fourth-order valence-electron chi connectivity index (χ4n) is 3.08. The van der Waals surface area contributed by atoms with Gasteiger partial charge in [0, 0.05) is 11.6 Å². The van der Waals surface area contributed by atoms with E-state index in [9.17, 15) is 9.59 Å². The molecule has 0 bridgehead atoms. The van der Waals surface area contributed by atoms with Gasteiger partial charge in [0.1, 0.15) is 5.75 Å². The van der Waals surface area contributed by atoms with Gasteiger partial charge in [-0.3, -0.25) is 4.79 Å². The van der Waals surface area contributed by atoms with Crippen molar-refractivity contribution in [2.75, 3.05) is 18.5 Å². The SMILES string of the molecule is CCOC(=O)c1cccc(OCC)c1NC(=O)C[n+]1cccc(-c2ccccc2)c1. The van der Waals surface area contributed by atoms with Gasteiger partial charge in [-0.1, -0.05) is 36.4 Å². The topological polar surface area (TPSA) is 68.5 Å². The maximum absolute atomic E-state index is 12.8. The number of anilines is 1. The van der Waals surface area contributed by atoms with Crippen LogP contribution in [0.2, 0.25) is 0 Å². The zero-order valence-corrected chi connectivity index (χ0v) is 17.1. The molecule has 6 nitrogen and oxygen atoms in total. The molecule has 2 aromatic carbocycles. The van der Waals surface area contributed by atoms with Crippen LogP contribution in [0.4, 0.5) is 5.69 Å². The monoisotopic (exact) mass is 405 g/mol. The molecule has 0 fully saturated rings. The summed E-state index contributed by atoms with van der Waals surface area (Å²) in [5.41, 5.74) is 2.66. The highest BCUT2D eigenvalue weighted by Crippen LogP contribution is 2.29. The predicted octanol–water partition coefficient (Wildman–Crippen LogP) is 3.86. The van der Waals surface area contributed by atoms with Crippen molar-refractivity contribution in [1.82, 2.24) is 0 Å². The van der Waals surface area contributed by atoms with E-state index in [4.69, 9.17) is 9.47 Å². The second kappa shape index (κ2) is 10.2. The van der Waals surface area contributed by atoms with Crippen LogP contribution in [0.15, 0.2) is 73.1 Å². The quantitative estimate of drug-likeness (QED) is 0.457. The molecule has 0 saturated carbocycles. The average Bonchev–Trinajstić information content (AvgIpc) is 2.76. The number of hydrogen-bond acceptors (Lipinski definition) is 4. The highest BCUT2D eigenvalue weighted by Gasteiger charge is 2.20. The second-order valence-corrected chi connectivity index (χ2v) is 6.51. The molecule has 0 saturated heterocycles. The molecule has 6 heteroatoms. The summed E-state index contributed by atoms with van der Waals surface area (Å²) in [7, 11) is 0. The first-order valence-electron chi connectivity index (χ1n) is 9.89. The average molecular weight is 405 g/mol. The first-order valence-corrected chi connectivity index (χ1v) is 9.89. The number of hydrogen-bond donors (Lipinski definition) is 1. The van der Waals surface area contributed by atoms with Crippen LogP contribution in [0.25, 0.3) is 11.1 Å². The lowest BCUT2D eigenvalue weighted by Gasteiger charge is -2.14. The van der Waals surface area contributed by atoms with E-state index in [0.717, 1.165) is 11.1 Å². The molecule has 3 aromatic rings. The Labute approximate surface area is 176 Å². The number of benzene rings is 2. The van der Waals surface area contributed by atoms with Gasteiger partial charge in [-0.05, 0) is 37.6 Å². The van der Waals surface area contributed by atoms with E-state index < -0.39 is 5.97 Å². The summed E-state index contributed by atoms with van der Waals surface area (Å²) in [6.07, 6.45) is 3.74. The Morgan fingerprint density at radius 2 is 1.67 bits per heavy atom. The minimum absolute atomic E-state index is 0.0867. The summed E-state index contributed by atoms with van der Waals surface area (Å²) < 4.78 is 12.5. The highest BCUT2D eigenvalue weighted by atomic mass is 16.5. The molecule has 1 N–H and O–H groups in total. The Hall–Kier alpha value is -3.67. The number of pyridine rings is 1. The van der Waals surface area contributed by atoms with E-state index in [1.165, 1.54) is 0 Å². The van der Waals surface area contributed by atoms with E-state index in [1.807, 2.05) is 61.8 Å². The molecule has 154 valence electrons. The molecule has 1 aromatic heterocycles. The van der Waals surface area contributed by atoms with Crippen LogP contribution in [0.5, 0.6) is 5.75 Å². The normalized spacial score (nSPS) is 10.3. The number of esters is 1. The van der Waals surface area contributed by atoms with Gasteiger partial charge in [0.25, 0.3) is 5.91 Å². The van der Waals surface area contributed by atoms with Crippen molar-refractivity contribution < 1.29 is 23.6 Å². The molecular formula is C24H25N2O4+. The van der Waals surface area contributed by atoms with Crippen molar-refractivity contribution in [2.24, 2.45) is 0 Å². The number of aromatic nitrogens is 1. The molecule has 0 radical (unpaired) electrons. The van der Waals surface area contributed by atoms with Crippen molar-refractivity contribution in [3.63, 3.8) is 0 Å². The standard InChI is InChI=1S/C24H24N2O4/c1-3-29-21-14-8-13-20(24(28)30-4-2)23(21)25-22(27)17-26-15-9-12-19(16-26)18-10-6-5-7-11-18/h5-16H,3-4,17H2,1-2H3/p+1. The van der Waals surface area contributed by atoms with Gasteiger partial charge in [-0.2, -0.15) is 4.57 Å². The summed E-state index contributed by atoms with van der Waals surface area (Å²) >= 11 is 0. The van der Waals surface area contributed by atoms with Crippen LogP contribution in [-0.4, -0.2) is 25.1 Å².